The second-order valence-corrected chi connectivity index (χ2v) is 22.8. The van der Waals surface area contributed by atoms with Crippen LogP contribution in [-0.4, -0.2) is 85.5 Å². The molecule has 0 bridgehead atoms. The second kappa shape index (κ2) is 29.9. The van der Waals surface area contributed by atoms with Gasteiger partial charge in [-0.1, -0.05) is 161 Å². The molecular weight excluding hydrogens is 1000 g/mol. The normalized spacial score (nSPS) is 13.7. The summed E-state index contributed by atoms with van der Waals surface area (Å²) in [5, 5.41) is 9.40. The quantitative estimate of drug-likeness (QED) is 0.0398. The highest BCUT2D eigenvalue weighted by atomic mass is 32.2. The van der Waals surface area contributed by atoms with Gasteiger partial charge in [-0.05, 0) is 115 Å². The molecule has 4 amide bonds. The lowest BCUT2D eigenvalue weighted by Gasteiger charge is -2.33. The van der Waals surface area contributed by atoms with Crippen LogP contribution in [0.5, 0.6) is 11.5 Å². The predicted octanol–water partition coefficient (Wildman–Crippen LogP) is 14.2. The van der Waals surface area contributed by atoms with Gasteiger partial charge in [0.05, 0.1) is 60.2 Å². The summed E-state index contributed by atoms with van der Waals surface area (Å²) in [5.74, 6) is -0.502. The van der Waals surface area contributed by atoms with Crippen molar-refractivity contribution in [1.29, 1.82) is 0 Å². The van der Waals surface area contributed by atoms with Crippen LogP contribution in [0.25, 0.3) is 12.2 Å². The molecule has 2 aliphatic rings. The maximum atomic E-state index is 12.9. The summed E-state index contributed by atoms with van der Waals surface area (Å²) < 4.78 is 46.3. The molecule has 2 aliphatic heterocycles. The summed E-state index contributed by atoms with van der Waals surface area (Å²) in [4.78, 5) is 52.9. The molecule has 0 saturated heterocycles. The van der Waals surface area contributed by atoms with Gasteiger partial charge in [0, 0.05) is 25.1 Å². The maximum absolute atomic E-state index is 12.9. The van der Waals surface area contributed by atoms with Gasteiger partial charge in [-0.15, -0.1) is 0 Å². The van der Waals surface area contributed by atoms with Crippen molar-refractivity contribution in [1.82, 2.24) is 9.80 Å². The molecule has 5 aromatic rings. The minimum Gasteiger partial charge on any atom is -0.508 e. The van der Waals surface area contributed by atoms with Crippen LogP contribution < -0.4 is 4.74 Å². The molecule has 0 aliphatic carbocycles. The van der Waals surface area contributed by atoms with Crippen LogP contribution in [0.2, 0.25) is 0 Å². The van der Waals surface area contributed by atoms with E-state index in [2.05, 4.69) is 13.2 Å². The molecule has 2 atom stereocenters. The highest BCUT2D eigenvalue weighted by Crippen LogP contribution is 2.35. The number of nitrogens with zero attached hydrogens (tertiary/aromatic N) is 2. The fourth-order valence-electron chi connectivity index (χ4n) is 7.89. The number of carbonyl (C=O) groups is 4. The number of ether oxygens (including phenoxy) is 3. The summed E-state index contributed by atoms with van der Waals surface area (Å²) in [7, 11) is -3.64. The van der Waals surface area contributed by atoms with E-state index in [0.29, 0.717) is 61.9 Å². The Hall–Kier alpha value is -6.71. The van der Waals surface area contributed by atoms with Crippen molar-refractivity contribution in [3.8, 4) is 11.5 Å². The van der Waals surface area contributed by atoms with Gasteiger partial charge in [0.2, 0.25) is 0 Å². The third-order valence-corrected chi connectivity index (χ3v) is 14.8. The maximum Gasteiger partial charge on any atom is 0.296 e. The largest absolute Gasteiger partial charge is 0.508 e. The predicted molar refractivity (Wildman–Crippen MR) is 312 cm³/mol. The molecule has 14 heteroatoms. The Morgan fingerprint density at radius 2 is 0.962 bits per heavy atom. The summed E-state index contributed by atoms with van der Waals surface area (Å²) in [5.41, 5.74) is 6.60. The van der Waals surface area contributed by atoms with E-state index in [4.69, 9.17) is 18.4 Å². The molecule has 0 fully saturated rings. The zero-order chi connectivity index (χ0) is 55.8. The van der Waals surface area contributed by atoms with E-state index in [1.54, 1.807) is 42.5 Å². The number of benzene rings is 5. The molecule has 0 saturated carbocycles. The van der Waals surface area contributed by atoms with E-state index in [1.165, 1.54) is 28.0 Å². The number of unbranched alkanes of at least 4 members (excludes halogenated alkanes) is 3. The number of fused-ring (bicyclic) bond motifs is 2. The van der Waals surface area contributed by atoms with E-state index >= 15 is 0 Å². The van der Waals surface area contributed by atoms with E-state index in [0.717, 1.165) is 53.5 Å². The van der Waals surface area contributed by atoms with Crippen molar-refractivity contribution in [2.75, 3.05) is 26.4 Å². The molecule has 0 spiro atoms. The van der Waals surface area contributed by atoms with Crippen LogP contribution in [0.3, 0.4) is 0 Å². The van der Waals surface area contributed by atoms with Gasteiger partial charge in [-0.2, -0.15) is 8.42 Å². The number of imide groups is 2. The average Bonchev–Trinajstić information content (AvgIpc) is 3.85. The standard InChI is InChI=1S/C26H31NO4.C22H28O4S.C14H17NO3.2CH4/c1-6-19-8-10-20(11-9-19)17-30-14-7-15-31-21-12-13-22-23(16-21)25(29)27(24(22)28)18(2)26(3,4)5;1-3-20-10-12-21(13-11-20)18-25-16-6-4-5-7-17-26-27(23,24)22-14-8-19(2)9-15-22;1-8(14(2,3)4)15-12(17)10-6-5-9(16)7-11(10)13(15)18;;/h6,8-13,16,18H,1,7,14-15,17H2,2-5H3;3,8-15H,1,4-7,16-18H2,2H3;5-8,16H,1-4H3;2*1H4/t18-;;8-;;/m1.1../s1. The molecule has 1 N–H and O–H groups in total. The number of hydrogen-bond donors (Lipinski definition) is 1. The second-order valence-electron chi connectivity index (χ2n) is 21.2. The van der Waals surface area contributed by atoms with E-state index < -0.39 is 10.1 Å². The van der Waals surface area contributed by atoms with Crippen molar-refractivity contribution >= 4 is 45.9 Å². The number of aryl methyl sites for hydroxylation is 1. The molecule has 0 aromatic heterocycles. The summed E-state index contributed by atoms with van der Waals surface area (Å²) in [6.07, 6.45) is 7.93. The molecule has 0 unspecified atom stereocenters. The number of aromatic hydroxyl groups is 1. The number of carbonyl (C=O) groups excluding carboxylic acids is 4. The van der Waals surface area contributed by atoms with Crippen LogP contribution in [0.4, 0.5) is 0 Å². The zero-order valence-electron chi connectivity index (χ0n) is 45.7. The van der Waals surface area contributed by atoms with Crippen molar-refractivity contribution in [3.63, 3.8) is 0 Å². The lowest BCUT2D eigenvalue weighted by Crippen LogP contribution is -2.45. The highest BCUT2D eigenvalue weighted by Gasteiger charge is 2.43. The lowest BCUT2D eigenvalue weighted by atomic mass is 9.87. The van der Waals surface area contributed by atoms with Gasteiger partial charge in [-0.3, -0.25) is 33.2 Å². The third kappa shape index (κ3) is 18.2. The Morgan fingerprint density at radius 1 is 0.538 bits per heavy atom. The fraction of sp³-hybridized carbons (Fsp3) is 0.406. The van der Waals surface area contributed by atoms with Crippen molar-refractivity contribution in [2.24, 2.45) is 10.8 Å². The van der Waals surface area contributed by atoms with Gasteiger partial charge >= 0.3 is 0 Å². The molecule has 422 valence electrons. The van der Waals surface area contributed by atoms with Crippen LogP contribution in [0.15, 0.2) is 127 Å². The minimum atomic E-state index is -3.64. The van der Waals surface area contributed by atoms with Crippen LogP contribution in [0.1, 0.15) is 172 Å². The summed E-state index contributed by atoms with van der Waals surface area (Å²) in [6, 6.07) is 31.9. The molecule has 13 nitrogen and oxygen atoms in total. The van der Waals surface area contributed by atoms with Gasteiger partial charge in [0.1, 0.15) is 11.5 Å². The Bertz CT molecular complexity index is 2900. The van der Waals surface area contributed by atoms with E-state index in [-0.39, 0.29) is 84.2 Å². The molecule has 2 heterocycles. The van der Waals surface area contributed by atoms with Crippen molar-refractivity contribution in [3.05, 3.63) is 172 Å². The first-order valence-electron chi connectivity index (χ1n) is 25.9. The van der Waals surface area contributed by atoms with E-state index in [1.807, 2.05) is 123 Å². The first kappa shape index (κ1) is 65.6. The Morgan fingerprint density at radius 3 is 1.42 bits per heavy atom. The summed E-state index contributed by atoms with van der Waals surface area (Å²) >= 11 is 0. The summed E-state index contributed by atoms with van der Waals surface area (Å²) in [6.45, 7) is 28.3. The topological polar surface area (TPSA) is 166 Å². The molecule has 7 rings (SSSR count). The minimum absolute atomic E-state index is 0. The monoisotopic (exact) mass is 1090 g/mol. The SMILES string of the molecule is C.C.C=Cc1ccc(COCCCCCCOS(=O)(=O)c2ccc(C)cc2)cc1.C=Cc1ccc(COCCCOc2ccc3c(c2)C(=O)N([C@H](C)C(C)(C)C)C3=O)cc1.C[C@@H](N1C(=O)c2ccc(O)cc2C1=O)C(C)(C)C. The zero-order valence-corrected chi connectivity index (χ0v) is 46.5. The van der Waals surface area contributed by atoms with Crippen LogP contribution >= 0.6 is 0 Å². The van der Waals surface area contributed by atoms with Gasteiger partial charge in [0.15, 0.2) is 0 Å². The first-order valence-corrected chi connectivity index (χ1v) is 27.3. The molecule has 78 heavy (non-hydrogen) atoms. The Balaban J connectivity index is 0.000000314. The Kier molecular flexibility index (Phi) is 25.1. The van der Waals surface area contributed by atoms with Crippen molar-refractivity contribution < 1.29 is 51.1 Å². The first-order chi connectivity index (χ1) is 36.0. The molecule has 5 aromatic carbocycles. The Labute approximate surface area is 465 Å². The average molecular weight is 1090 g/mol. The fourth-order valence-corrected chi connectivity index (χ4v) is 8.83. The van der Waals surface area contributed by atoms with Gasteiger partial charge < -0.3 is 19.3 Å². The third-order valence-electron chi connectivity index (χ3n) is 13.5. The number of phenols is 1. The van der Waals surface area contributed by atoms with E-state index in [9.17, 15) is 32.7 Å². The van der Waals surface area contributed by atoms with Crippen LogP contribution in [-0.2, 0) is 37.0 Å². The van der Waals surface area contributed by atoms with Crippen molar-refractivity contribution in [2.45, 2.75) is 139 Å². The number of hydrogen-bond acceptors (Lipinski definition) is 11. The molecular formula is C64H84N2O11S. The smallest absolute Gasteiger partial charge is 0.296 e. The lowest BCUT2D eigenvalue weighted by molar-refractivity contribution is 0.0473. The number of rotatable bonds is 22. The number of amides is 4. The highest BCUT2D eigenvalue weighted by molar-refractivity contribution is 7.86. The molecule has 0 radical (unpaired) electrons. The number of phenolic OH excluding ortho intramolecular Hbond substituents is 1. The van der Waals surface area contributed by atoms with Gasteiger partial charge in [-0.25, -0.2) is 0 Å². The van der Waals surface area contributed by atoms with Crippen LogP contribution in [0, 0.1) is 17.8 Å². The van der Waals surface area contributed by atoms with Gasteiger partial charge in [0.25, 0.3) is 33.7 Å².